The van der Waals surface area contributed by atoms with Crippen LogP contribution in [0.25, 0.3) is 67.3 Å². The Bertz CT molecular complexity index is 2700. The van der Waals surface area contributed by atoms with Crippen molar-refractivity contribution in [1.29, 1.82) is 0 Å². The Hall–Kier alpha value is -7.23. The summed E-state index contributed by atoms with van der Waals surface area (Å²) in [5, 5.41) is 0. The van der Waals surface area contributed by atoms with Gasteiger partial charge in [0.05, 0.1) is 16.8 Å². The number of nitrogens with zero attached hydrogens (tertiary/aromatic N) is 3. The standard InChI is InChI=1S/C52H35N3/c1-4-16-36(17-5-1)48-34-49(55-51(54-48)37-18-6-2-7-19-37)41-23-13-21-39(33-41)38-20-12-22-40(32-38)44-28-14-30-47-50(44)45-27-10-11-29-46(45)52(47,42-24-8-3-9-25-42)43-26-15-31-53-35-43/h1-35H. The third-order valence-corrected chi connectivity index (χ3v) is 10.9. The van der Waals surface area contributed by atoms with E-state index >= 15 is 0 Å². The van der Waals surface area contributed by atoms with E-state index in [4.69, 9.17) is 9.97 Å². The van der Waals surface area contributed by atoms with Crippen molar-refractivity contribution in [3.05, 3.63) is 235 Å². The lowest BCUT2D eigenvalue weighted by Crippen LogP contribution is -2.28. The maximum Gasteiger partial charge on any atom is 0.160 e. The van der Waals surface area contributed by atoms with Crippen molar-refractivity contribution in [1.82, 2.24) is 15.0 Å². The van der Waals surface area contributed by atoms with Crippen LogP contribution in [0.5, 0.6) is 0 Å². The van der Waals surface area contributed by atoms with Crippen LogP contribution in [-0.4, -0.2) is 15.0 Å². The lowest BCUT2D eigenvalue weighted by Gasteiger charge is -2.33. The second-order valence-electron chi connectivity index (χ2n) is 14.0. The molecule has 258 valence electrons. The van der Waals surface area contributed by atoms with Gasteiger partial charge in [-0.1, -0.05) is 176 Å². The van der Waals surface area contributed by atoms with E-state index in [0.717, 1.165) is 44.8 Å². The highest BCUT2D eigenvalue weighted by atomic mass is 14.9. The van der Waals surface area contributed by atoms with Crippen LogP contribution in [0.3, 0.4) is 0 Å². The summed E-state index contributed by atoms with van der Waals surface area (Å²) in [5.41, 5.74) is 16.5. The smallest absolute Gasteiger partial charge is 0.160 e. The molecule has 0 spiro atoms. The molecule has 3 nitrogen and oxygen atoms in total. The molecule has 0 N–H and O–H groups in total. The molecule has 0 saturated carbocycles. The average Bonchev–Trinajstić information content (AvgIpc) is 3.59. The highest BCUT2D eigenvalue weighted by Gasteiger charge is 2.46. The molecule has 7 aromatic carbocycles. The van der Waals surface area contributed by atoms with Crippen molar-refractivity contribution >= 4 is 0 Å². The van der Waals surface area contributed by atoms with Gasteiger partial charge in [0.25, 0.3) is 0 Å². The largest absolute Gasteiger partial charge is 0.264 e. The molecule has 2 aromatic heterocycles. The van der Waals surface area contributed by atoms with Crippen LogP contribution < -0.4 is 0 Å². The molecule has 1 atom stereocenters. The van der Waals surface area contributed by atoms with Crippen molar-refractivity contribution in [3.8, 4) is 67.3 Å². The fourth-order valence-electron chi connectivity index (χ4n) is 8.42. The quantitative estimate of drug-likeness (QED) is 0.166. The molecule has 0 radical (unpaired) electrons. The van der Waals surface area contributed by atoms with Crippen LogP contribution in [0.1, 0.15) is 22.3 Å². The van der Waals surface area contributed by atoms with Gasteiger partial charge in [0, 0.05) is 29.1 Å². The van der Waals surface area contributed by atoms with E-state index in [1.165, 1.54) is 38.9 Å². The van der Waals surface area contributed by atoms with E-state index in [1.54, 1.807) is 0 Å². The third kappa shape index (κ3) is 5.57. The van der Waals surface area contributed by atoms with Gasteiger partial charge in [-0.25, -0.2) is 9.97 Å². The molecule has 9 aromatic rings. The van der Waals surface area contributed by atoms with Crippen LogP contribution in [0, 0.1) is 0 Å². The minimum absolute atomic E-state index is 0.502. The van der Waals surface area contributed by atoms with E-state index in [1.807, 2.05) is 48.8 Å². The van der Waals surface area contributed by atoms with Gasteiger partial charge in [-0.15, -0.1) is 0 Å². The Morgan fingerprint density at radius 3 is 1.60 bits per heavy atom. The second-order valence-corrected chi connectivity index (χ2v) is 14.0. The first kappa shape index (κ1) is 32.4. The van der Waals surface area contributed by atoms with E-state index in [-0.39, 0.29) is 0 Å². The first-order valence-electron chi connectivity index (χ1n) is 18.7. The molecule has 55 heavy (non-hydrogen) atoms. The maximum atomic E-state index is 5.11. The van der Waals surface area contributed by atoms with Crippen LogP contribution in [0.4, 0.5) is 0 Å². The minimum Gasteiger partial charge on any atom is -0.264 e. The summed E-state index contributed by atoms with van der Waals surface area (Å²) >= 11 is 0. The van der Waals surface area contributed by atoms with E-state index in [2.05, 4.69) is 169 Å². The summed E-state index contributed by atoms with van der Waals surface area (Å²) in [6, 6.07) is 71.1. The molecule has 0 bridgehead atoms. The highest BCUT2D eigenvalue weighted by Crippen LogP contribution is 2.58. The molecule has 1 unspecified atom stereocenters. The molecular weight excluding hydrogens is 667 g/mol. The van der Waals surface area contributed by atoms with E-state index < -0.39 is 5.41 Å². The molecule has 3 heteroatoms. The number of hydrogen-bond donors (Lipinski definition) is 0. The minimum atomic E-state index is -0.502. The summed E-state index contributed by atoms with van der Waals surface area (Å²) < 4.78 is 0. The van der Waals surface area contributed by atoms with Gasteiger partial charge in [0.2, 0.25) is 0 Å². The van der Waals surface area contributed by atoms with Crippen LogP contribution in [-0.2, 0) is 5.41 Å². The van der Waals surface area contributed by atoms with E-state index in [0.29, 0.717) is 5.82 Å². The number of rotatable bonds is 7. The maximum absolute atomic E-state index is 5.11. The van der Waals surface area contributed by atoms with Crippen LogP contribution >= 0.6 is 0 Å². The lowest BCUT2D eigenvalue weighted by molar-refractivity contribution is 0.763. The van der Waals surface area contributed by atoms with Crippen molar-refractivity contribution in [2.24, 2.45) is 0 Å². The number of fused-ring (bicyclic) bond motifs is 3. The van der Waals surface area contributed by atoms with Crippen LogP contribution in [0.2, 0.25) is 0 Å². The first-order valence-corrected chi connectivity index (χ1v) is 18.7. The van der Waals surface area contributed by atoms with Crippen molar-refractivity contribution in [2.75, 3.05) is 0 Å². The molecule has 0 amide bonds. The zero-order valence-electron chi connectivity index (χ0n) is 30.0. The predicted molar refractivity (Wildman–Crippen MR) is 224 cm³/mol. The molecule has 1 aliphatic carbocycles. The highest BCUT2D eigenvalue weighted by molar-refractivity contribution is 5.96. The van der Waals surface area contributed by atoms with Gasteiger partial charge in [-0.3, -0.25) is 4.98 Å². The number of pyridine rings is 1. The van der Waals surface area contributed by atoms with Gasteiger partial charge >= 0.3 is 0 Å². The summed E-state index contributed by atoms with van der Waals surface area (Å²) in [6.07, 6.45) is 3.89. The van der Waals surface area contributed by atoms with Gasteiger partial charge in [0.1, 0.15) is 0 Å². The molecule has 0 fully saturated rings. The fourth-order valence-corrected chi connectivity index (χ4v) is 8.42. The van der Waals surface area contributed by atoms with Crippen molar-refractivity contribution in [2.45, 2.75) is 5.41 Å². The van der Waals surface area contributed by atoms with Crippen molar-refractivity contribution < 1.29 is 0 Å². The summed E-state index contributed by atoms with van der Waals surface area (Å²) in [7, 11) is 0. The fraction of sp³-hybridized carbons (Fsp3) is 0.0192. The Kier molecular flexibility index (Phi) is 8.04. The van der Waals surface area contributed by atoms with Gasteiger partial charge < -0.3 is 0 Å². The van der Waals surface area contributed by atoms with Crippen LogP contribution in [0.15, 0.2) is 213 Å². The van der Waals surface area contributed by atoms with Gasteiger partial charge in [-0.2, -0.15) is 0 Å². The Morgan fingerprint density at radius 1 is 0.345 bits per heavy atom. The normalized spacial score (nSPS) is 14.3. The number of benzene rings is 7. The molecule has 2 heterocycles. The molecule has 1 aliphatic rings. The first-order chi connectivity index (χ1) is 27.3. The van der Waals surface area contributed by atoms with Gasteiger partial charge in [0.15, 0.2) is 5.82 Å². The Labute approximate surface area is 321 Å². The molecule has 0 aliphatic heterocycles. The Balaban J connectivity index is 1.11. The van der Waals surface area contributed by atoms with Crippen molar-refractivity contribution in [3.63, 3.8) is 0 Å². The molecule has 0 saturated heterocycles. The third-order valence-electron chi connectivity index (χ3n) is 10.9. The zero-order chi connectivity index (χ0) is 36.6. The molecular formula is C52H35N3. The second kappa shape index (κ2) is 13.6. The SMILES string of the molecule is c1ccc(-c2cc(-c3cccc(-c4cccc(-c5cccc6c5-c5ccccc5C6(c5ccccc5)c5cccnc5)c4)c3)nc(-c3ccccc3)n2)cc1. The van der Waals surface area contributed by atoms with Gasteiger partial charge in [-0.05, 0) is 79.9 Å². The summed E-state index contributed by atoms with van der Waals surface area (Å²) in [6.45, 7) is 0. The summed E-state index contributed by atoms with van der Waals surface area (Å²) in [5.74, 6) is 0.709. The average molecular weight is 702 g/mol. The monoisotopic (exact) mass is 701 g/mol. The molecule has 10 rings (SSSR count). The number of aromatic nitrogens is 3. The predicted octanol–water partition coefficient (Wildman–Crippen LogP) is 12.6. The Morgan fingerprint density at radius 2 is 0.873 bits per heavy atom. The lowest BCUT2D eigenvalue weighted by atomic mass is 9.68. The van der Waals surface area contributed by atoms with E-state index in [9.17, 15) is 0 Å². The number of hydrogen-bond acceptors (Lipinski definition) is 3. The summed E-state index contributed by atoms with van der Waals surface area (Å²) in [4.78, 5) is 14.7. The zero-order valence-corrected chi connectivity index (χ0v) is 30.0. The topological polar surface area (TPSA) is 38.7 Å².